The van der Waals surface area contributed by atoms with Gasteiger partial charge in [-0.05, 0) is 63.5 Å². The Labute approximate surface area is 254 Å². The van der Waals surface area contributed by atoms with Gasteiger partial charge in [-0.2, -0.15) is 0 Å². The van der Waals surface area contributed by atoms with Crippen LogP contribution in [-0.4, -0.2) is 65.8 Å². The fourth-order valence-electron chi connectivity index (χ4n) is 4.71. The van der Waals surface area contributed by atoms with Gasteiger partial charge in [0.1, 0.15) is 11.6 Å². The summed E-state index contributed by atoms with van der Waals surface area (Å²) in [4.78, 5) is 50.5. The van der Waals surface area contributed by atoms with Crippen LogP contribution >= 0.6 is 0 Å². The molecular formula is C33H46N4O6. The number of hydrogen-bond acceptors (Lipinski definition) is 6. The zero-order valence-electron chi connectivity index (χ0n) is 25.4. The number of hydrogen-bond donors (Lipinski definition) is 5. The molecule has 5 N–H and O–H groups in total. The van der Waals surface area contributed by atoms with Crippen LogP contribution in [0.1, 0.15) is 64.0 Å². The van der Waals surface area contributed by atoms with Crippen molar-refractivity contribution in [1.82, 2.24) is 21.3 Å². The van der Waals surface area contributed by atoms with Gasteiger partial charge in [0, 0.05) is 25.6 Å². The fraction of sp³-hybridized carbons (Fsp3) is 0.515. The minimum atomic E-state index is -1.04. The van der Waals surface area contributed by atoms with Gasteiger partial charge in [-0.1, -0.05) is 73.5 Å². The molecule has 3 amide bonds. The molecule has 0 bridgehead atoms. The van der Waals surface area contributed by atoms with Gasteiger partial charge in [0.15, 0.2) is 0 Å². The van der Waals surface area contributed by atoms with Crippen LogP contribution in [0.25, 0.3) is 0 Å². The summed E-state index contributed by atoms with van der Waals surface area (Å²) in [6.07, 6.45) is 2.95. The van der Waals surface area contributed by atoms with Gasteiger partial charge in [0.05, 0.1) is 6.04 Å². The number of carbonyl (C=O) groups excluding carboxylic acids is 3. The maximum Gasteiger partial charge on any atom is 0.407 e. The standard InChI is InChI=1S/C33H46N4O6/c1-33(2,3)43-32(42)36-26(20-24-12-8-5-9-13-24)22-35-28(21-25-14-15-25)31(41)37-27(16-17-29(38)39)30(40)34-19-18-23-10-6-4-7-11-23/h4-13,25-28,35H,14-22H2,1-3H3,(H,34,40)(H,36,42)(H,37,41)(H,38,39)/t26-,27-,28-/m0/s1. The molecule has 0 spiro atoms. The van der Waals surface area contributed by atoms with E-state index in [9.17, 15) is 24.3 Å². The average Bonchev–Trinajstić information content (AvgIpc) is 3.77. The van der Waals surface area contributed by atoms with Crippen LogP contribution in [0.5, 0.6) is 0 Å². The number of carbonyl (C=O) groups is 4. The molecule has 0 heterocycles. The van der Waals surface area contributed by atoms with Crippen molar-refractivity contribution in [1.29, 1.82) is 0 Å². The molecule has 10 heteroatoms. The van der Waals surface area contributed by atoms with Gasteiger partial charge in [0.2, 0.25) is 11.8 Å². The van der Waals surface area contributed by atoms with Gasteiger partial charge in [-0.3, -0.25) is 14.4 Å². The van der Waals surface area contributed by atoms with Crippen molar-refractivity contribution in [3.8, 4) is 0 Å². The molecule has 0 aromatic heterocycles. The number of benzene rings is 2. The first-order valence-corrected chi connectivity index (χ1v) is 15.1. The van der Waals surface area contributed by atoms with E-state index in [0.717, 1.165) is 24.0 Å². The predicted molar refractivity (Wildman–Crippen MR) is 164 cm³/mol. The normalized spacial score (nSPS) is 15.0. The molecule has 2 aromatic carbocycles. The number of carboxylic acid groups (broad SMARTS) is 1. The van der Waals surface area contributed by atoms with E-state index >= 15 is 0 Å². The topological polar surface area (TPSA) is 146 Å². The highest BCUT2D eigenvalue weighted by Gasteiger charge is 2.32. The number of nitrogens with one attached hydrogen (secondary N) is 4. The molecule has 2 aromatic rings. The summed E-state index contributed by atoms with van der Waals surface area (Å²) in [6.45, 7) is 6.05. The second-order valence-corrected chi connectivity index (χ2v) is 12.2. The first kappa shape index (κ1) is 33.6. The van der Waals surface area contributed by atoms with E-state index in [1.807, 2.05) is 60.7 Å². The lowest BCUT2D eigenvalue weighted by atomic mass is 10.0. The summed E-state index contributed by atoms with van der Waals surface area (Å²) in [5.41, 5.74) is 1.43. The minimum absolute atomic E-state index is 0.0226. The molecule has 1 aliphatic rings. The molecular weight excluding hydrogens is 548 g/mol. The van der Waals surface area contributed by atoms with E-state index in [-0.39, 0.29) is 24.8 Å². The molecule has 3 rings (SSSR count). The smallest absolute Gasteiger partial charge is 0.407 e. The first-order valence-electron chi connectivity index (χ1n) is 15.1. The lowest BCUT2D eigenvalue weighted by molar-refractivity contribution is -0.138. The number of alkyl carbamates (subject to hydrolysis) is 1. The molecule has 10 nitrogen and oxygen atoms in total. The van der Waals surface area contributed by atoms with Crippen molar-refractivity contribution in [3.05, 3.63) is 71.8 Å². The van der Waals surface area contributed by atoms with Crippen molar-refractivity contribution < 1.29 is 29.0 Å². The van der Waals surface area contributed by atoms with Crippen molar-refractivity contribution in [2.75, 3.05) is 13.1 Å². The Morgan fingerprint density at radius 2 is 1.51 bits per heavy atom. The summed E-state index contributed by atoms with van der Waals surface area (Å²) in [7, 11) is 0. The molecule has 234 valence electrons. The predicted octanol–water partition coefficient (Wildman–Crippen LogP) is 3.59. The van der Waals surface area contributed by atoms with Crippen LogP contribution in [-0.2, 0) is 32.0 Å². The zero-order chi connectivity index (χ0) is 31.2. The SMILES string of the molecule is CC(C)(C)OC(=O)N[C@H](CN[C@@H](CC1CC1)C(=O)N[C@@H](CCC(=O)O)C(=O)NCCc1ccccc1)Cc1ccccc1. The van der Waals surface area contributed by atoms with E-state index in [2.05, 4.69) is 21.3 Å². The molecule has 1 fully saturated rings. The quantitative estimate of drug-likeness (QED) is 0.188. The molecule has 0 aliphatic heterocycles. The lowest BCUT2D eigenvalue weighted by Crippen LogP contribution is -2.55. The third-order valence-corrected chi connectivity index (χ3v) is 7.07. The zero-order valence-corrected chi connectivity index (χ0v) is 25.4. The summed E-state index contributed by atoms with van der Waals surface area (Å²) < 4.78 is 5.47. The monoisotopic (exact) mass is 594 g/mol. The summed E-state index contributed by atoms with van der Waals surface area (Å²) in [6, 6.07) is 17.5. The molecule has 3 atom stereocenters. The van der Waals surface area contributed by atoms with Gasteiger partial charge in [-0.25, -0.2) is 4.79 Å². The molecule has 1 aliphatic carbocycles. The second kappa shape index (κ2) is 16.6. The minimum Gasteiger partial charge on any atom is -0.481 e. The van der Waals surface area contributed by atoms with Gasteiger partial charge >= 0.3 is 12.1 Å². The number of rotatable bonds is 17. The van der Waals surface area contributed by atoms with Crippen molar-refractivity contribution in [2.24, 2.45) is 5.92 Å². The van der Waals surface area contributed by atoms with Crippen molar-refractivity contribution in [3.63, 3.8) is 0 Å². The molecule has 43 heavy (non-hydrogen) atoms. The first-order chi connectivity index (χ1) is 20.5. The van der Waals surface area contributed by atoms with Crippen LogP contribution in [0.4, 0.5) is 4.79 Å². The van der Waals surface area contributed by atoms with Crippen LogP contribution in [0, 0.1) is 5.92 Å². The Morgan fingerprint density at radius 3 is 2.09 bits per heavy atom. The number of ether oxygens (including phenoxy) is 1. The van der Waals surface area contributed by atoms with E-state index in [1.54, 1.807) is 20.8 Å². The highest BCUT2D eigenvalue weighted by molar-refractivity contribution is 5.90. The van der Waals surface area contributed by atoms with Gasteiger partial charge in [0.25, 0.3) is 0 Å². The summed E-state index contributed by atoms with van der Waals surface area (Å²) >= 11 is 0. The highest BCUT2D eigenvalue weighted by atomic mass is 16.6. The highest BCUT2D eigenvalue weighted by Crippen LogP contribution is 2.33. The summed E-state index contributed by atoms with van der Waals surface area (Å²) in [5, 5.41) is 21.2. The maximum absolute atomic E-state index is 13.5. The van der Waals surface area contributed by atoms with Gasteiger partial charge < -0.3 is 31.1 Å². The van der Waals surface area contributed by atoms with Crippen molar-refractivity contribution >= 4 is 23.9 Å². The second-order valence-electron chi connectivity index (χ2n) is 12.2. The van der Waals surface area contributed by atoms with Crippen LogP contribution in [0.3, 0.4) is 0 Å². The lowest BCUT2D eigenvalue weighted by Gasteiger charge is -2.27. The molecule has 1 saturated carbocycles. The molecule has 0 radical (unpaired) electrons. The number of aliphatic carboxylic acids is 1. The van der Waals surface area contributed by atoms with Gasteiger partial charge in [-0.15, -0.1) is 0 Å². The van der Waals surface area contributed by atoms with Crippen LogP contribution < -0.4 is 21.3 Å². The Morgan fingerprint density at radius 1 is 0.884 bits per heavy atom. The third kappa shape index (κ3) is 13.7. The fourth-order valence-corrected chi connectivity index (χ4v) is 4.71. The van der Waals surface area contributed by atoms with Crippen LogP contribution in [0.15, 0.2) is 60.7 Å². The maximum atomic E-state index is 13.5. The molecule has 0 unspecified atom stereocenters. The largest absolute Gasteiger partial charge is 0.481 e. The third-order valence-electron chi connectivity index (χ3n) is 7.07. The molecule has 0 saturated heterocycles. The van der Waals surface area contributed by atoms with E-state index in [0.29, 0.717) is 38.3 Å². The summed E-state index contributed by atoms with van der Waals surface area (Å²) in [5.74, 6) is -1.42. The van der Waals surface area contributed by atoms with E-state index in [4.69, 9.17) is 4.74 Å². The Bertz CT molecular complexity index is 1180. The Hall–Kier alpha value is -3.92. The van der Waals surface area contributed by atoms with Crippen LogP contribution in [0.2, 0.25) is 0 Å². The number of amides is 3. The Balaban J connectivity index is 1.65. The Kier molecular flexibility index (Phi) is 13.0. The van der Waals surface area contributed by atoms with E-state index < -0.39 is 35.7 Å². The van der Waals surface area contributed by atoms with E-state index in [1.165, 1.54) is 0 Å². The number of carboxylic acids is 1. The average molecular weight is 595 g/mol. The van der Waals surface area contributed by atoms with Crippen molar-refractivity contribution in [2.45, 2.75) is 89.4 Å².